The highest BCUT2D eigenvalue weighted by molar-refractivity contribution is 9.09. The molecule has 1 fully saturated rings. The lowest BCUT2D eigenvalue weighted by Crippen LogP contribution is -2.18. The van der Waals surface area contributed by atoms with E-state index in [1.807, 2.05) is 0 Å². The van der Waals surface area contributed by atoms with E-state index in [1.165, 1.54) is 19.0 Å². The largest absolute Gasteiger partial charge is 0.262 e. The zero-order chi connectivity index (χ0) is 9.97. The Morgan fingerprint density at radius 2 is 2.14 bits per heavy atom. The lowest BCUT2D eigenvalue weighted by atomic mass is 9.84. The van der Waals surface area contributed by atoms with Crippen molar-refractivity contribution in [2.24, 2.45) is 0 Å². The molecule has 2 unspecified atom stereocenters. The van der Waals surface area contributed by atoms with Crippen molar-refractivity contribution in [1.82, 2.24) is 4.98 Å². The van der Waals surface area contributed by atoms with Crippen LogP contribution in [0.25, 0.3) is 0 Å². The Morgan fingerprint density at radius 3 is 2.86 bits per heavy atom. The van der Waals surface area contributed by atoms with Crippen molar-refractivity contribution in [2.75, 3.05) is 0 Å². The third-order valence-corrected chi connectivity index (χ3v) is 3.98. The predicted octanol–water partition coefficient (Wildman–Crippen LogP) is 3.64. The molecule has 0 saturated heterocycles. The summed E-state index contributed by atoms with van der Waals surface area (Å²) in [6, 6.07) is 1.81. The van der Waals surface area contributed by atoms with Gasteiger partial charge in [0, 0.05) is 11.0 Å². The molecule has 1 aromatic rings. The second-order valence-electron chi connectivity index (χ2n) is 3.80. The average Bonchev–Trinajstić information content (AvgIpc) is 2.20. The molecule has 0 bridgehead atoms. The second-order valence-corrected chi connectivity index (χ2v) is 4.98. The van der Waals surface area contributed by atoms with Crippen molar-refractivity contribution in [3.63, 3.8) is 0 Å². The zero-order valence-electron chi connectivity index (χ0n) is 7.92. The van der Waals surface area contributed by atoms with Crippen molar-refractivity contribution in [1.29, 1.82) is 0 Å². The van der Waals surface area contributed by atoms with E-state index in [1.54, 1.807) is 12.3 Å². The maximum absolute atomic E-state index is 13.5. The SMILES string of the molecule is Fc1cnccc1C1CCCCC1Br. The van der Waals surface area contributed by atoms with E-state index in [9.17, 15) is 4.39 Å². The summed E-state index contributed by atoms with van der Waals surface area (Å²) in [5.41, 5.74) is 0.821. The van der Waals surface area contributed by atoms with Crippen LogP contribution in [0, 0.1) is 5.82 Å². The molecule has 1 saturated carbocycles. The maximum atomic E-state index is 13.5. The van der Waals surface area contributed by atoms with Crippen LogP contribution in [0.5, 0.6) is 0 Å². The molecular weight excluding hydrogens is 245 g/mol. The van der Waals surface area contributed by atoms with Gasteiger partial charge in [0.05, 0.1) is 6.20 Å². The fourth-order valence-electron chi connectivity index (χ4n) is 2.12. The van der Waals surface area contributed by atoms with E-state index in [4.69, 9.17) is 0 Å². The summed E-state index contributed by atoms with van der Waals surface area (Å²) >= 11 is 3.64. The van der Waals surface area contributed by atoms with E-state index in [2.05, 4.69) is 20.9 Å². The molecule has 1 aliphatic carbocycles. The summed E-state index contributed by atoms with van der Waals surface area (Å²) in [7, 11) is 0. The molecule has 2 rings (SSSR count). The summed E-state index contributed by atoms with van der Waals surface area (Å²) in [6.45, 7) is 0. The Morgan fingerprint density at radius 1 is 1.36 bits per heavy atom. The van der Waals surface area contributed by atoms with Gasteiger partial charge >= 0.3 is 0 Å². The monoisotopic (exact) mass is 257 g/mol. The third kappa shape index (κ3) is 1.97. The van der Waals surface area contributed by atoms with Gasteiger partial charge in [-0.15, -0.1) is 0 Å². The second kappa shape index (κ2) is 4.39. The van der Waals surface area contributed by atoms with Crippen LogP contribution in [0.2, 0.25) is 0 Å². The van der Waals surface area contributed by atoms with Crippen LogP contribution in [-0.4, -0.2) is 9.81 Å². The molecule has 0 spiro atoms. The van der Waals surface area contributed by atoms with E-state index >= 15 is 0 Å². The van der Waals surface area contributed by atoms with Crippen molar-refractivity contribution in [3.05, 3.63) is 29.8 Å². The number of aromatic nitrogens is 1. The minimum absolute atomic E-state index is 0.163. The van der Waals surface area contributed by atoms with Crippen molar-refractivity contribution < 1.29 is 4.39 Å². The number of pyridine rings is 1. The Labute approximate surface area is 91.9 Å². The first-order chi connectivity index (χ1) is 6.79. The van der Waals surface area contributed by atoms with Crippen molar-refractivity contribution in [3.8, 4) is 0 Å². The van der Waals surface area contributed by atoms with Gasteiger partial charge in [-0.2, -0.15) is 0 Å². The molecule has 1 aliphatic rings. The zero-order valence-corrected chi connectivity index (χ0v) is 9.50. The molecule has 2 atom stereocenters. The normalized spacial score (nSPS) is 27.6. The van der Waals surface area contributed by atoms with Crippen LogP contribution in [0.15, 0.2) is 18.5 Å². The molecular formula is C11H13BrFN. The minimum Gasteiger partial charge on any atom is -0.262 e. The molecule has 0 N–H and O–H groups in total. The Kier molecular flexibility index (Phi) is 3.16. The van der Waals surface area contributed by atoms with Crippen LogP contribution in [-0.2, 0) is 0 Å². The molecule has 0 radical (unpaired) electrons. The average molecular weight is 258 g/mol. The van der Waals surface area contributed by atoms with Gasteiger partial charge in [-0.3, -0.25) is 4.98 Å². The smallest absolute Gasteiger partial charge is 0.144 e. The van der Waals surface area contributed by atoms with E-state index < -0.39 is 0 Å². The molecule has 0 aromatic carbocycles. The highest BCUT2D eigenvalue weighted by Gasteiger charge is 2.26. The fourth-order valence-corrected chi connectivity index (χ4v) is 3.00. The van der Waals surface area contributed by atoms with Gasteiger partial charge < -0.3 is 0 Å². The standard InChI is InChI=1S/C11H13BrFN/c12-10-4-2-1-3-8(10)9-5-6-14-7-11(9)13/h5-8,10H,1-4H2. The number of hydrogen-bond donors (Lipinski definition) is 0. The summed E-state index contributed by atoms with van der Waals surface area (Å²) in [5.74, 6) is 0.163. The molecule has 14 heavy (non-hydrogen) atoms. The minimum atomic E-state index is -0.163. The highest BCUT2D eigenvalue weighted by atomic mass is 79.9. The van der Waals surface area contributed by atoms with Gasteiger partial charge in [0.2, 0.25) is 0 Å². The van der Waals surface area contributed by atoms with Gasteiger partial charge in [0.1, 0.15) is 5.82 Å². The molecule has 0 amide bonds. The van der Waals surface area contributed by atoms with Gasteiger partial charge in [-0.1, -0.05) is 28.8 Å². The molecule has 1 aromatic heterocycles. The summed E-state index contributed by atoms with van der Waals surface area (Å²) in [5, 5.41) is 0. The summed E-state index contributed by atoms with van der Waals surface area (Å²) < 4.78 is 13.5. The maximum Gasteiger partial charge on any atom is 0.144 e. The lowest BCUT2D eigenvalue weighted by Gasteiger charge is -2.27. The van der Waals surface area contributed by atoms with Crippen LogP contribution in [0.4, 0.5) is 4.39 Å². The lowest BCUT2D eigenvalue weighted by molar-refractivity contribution is 0.444. The first-order valence-electron chi connectivity index (χ1n) is 5.02. The number of nitrogens with zero attached hydrogens (tertiary/aromatic N) is 1. The Bertz CT molecular complexity index is 316. The first kappa shape index (κ1) is 10.1. The summed E-state index contributed by atoms with van der Waals surface area (Å²) in [4.78, 5) is 4.20. The Balaban J connectivity index is 2.25. The van der Waals surface area contributed by atoms with Crippen LogP contribution < -0.4 is 0 Å². The number of alkyl halides is 1. The van der Waals surface area contributed by atoms with Crippen LogP contribution >= 0.6 is 15.9 Å². The fraction of sp³-hybridized carbons (Fsp3) is 0.545. The van der Waals surface area contributed by atoms with Gasteiger partial charge in [0.15, 0.2) is 0 Å². The topological polar surface area (TPSA) is 12.9 Å². The van der Waals surface area contributed by atoms with E-state index in [0.29, 0.717) is 10.7 Å². The van der Waals surface area contributed by atoms with Crippen molar-refractivity contribution in [2.45, 2.75) is 36.4 Å². The molecule has 3 heteroatoms. The molecule has 76 valence electrons. The first-order valence-corrected chi connectivity index (χ1v) is 5.94. The molecule has 1 nitrogen and oxygen atoms in total. The quantitative estimate of drug-likeness (QED) is 0.701. The van der Waals surface area contributed by atoms with Crippen molar-refractivity contribution >= 4 is 15.9 Å². The number of rotatable bonds is 1. The summed E-state index contributed by atoms with van der Waals surface area (Å²) in [6.07, 6.45) is 7.66. The highest BCUT2D eigenvalue weighted by Crippen LogP contribution is 2.38. The third-order valence-electron chi connectivity index (χ3n) is 2.88. The van der Waals surface area contributed by atoms with Gasteiger partial charge in [-0.25, -0.2) is 4.39 Å². The predicted molar refractivity (Wildman–Crippen MR) is 58.1 cm³/mol. The molecule has 1 heterocycles. The van der Waals surface area contributed by atoms with Crippen LogP contribution in [0.1, 0.15) is 37.2 Å². The van der Waals surface area contributed by atoms with E-state index in [-0.39, 0.29) is 5.82 Å². The van der Waals surface area contributed by atoms with Gasteiger partial charge in [-0.05, 0) is 30.4 Å². The van der Waals surface area contributed by atoms with Gasteiger partial charge in [0.25, 0.3) is 0 Å². The Hall–Kier alpha value is -0.440. The van der Waals surface area contributed by atoms with Crippen LogP contribution in [0.3, 0.4) is 0 Å². The molecule has 0 aliphatic heterocycles. The van der Waals surface area contributed by atoms with E-state index in [0.717, 1.165) is 18.4 Å². The number of hydrogen-bond acceptors (Lipinski definition) is 1. The number of halogens is 2.